The highest BCUT2D eigenvalue weighted by atomic mass is 19.3. The summed E-state index contributed by atoms with van der Waals surface area (Å²) in [6, 6.07) is 29.7. The number of aromatic nitrogens is 3. The normalized spacial score (nSPS) is 17.1. The van der Waals surface area contributed by atoms with Crippen molar-refractivity contribution in [1.29, 1.82) is 0 Å². The first kappa shape index (κ1) is 31.9. The van der Waals surface area contributed by atoms with Gasteiger partial charge in [0.25, 0.3) is 6.08 Å². The average Bonchev–Trinajstić information content (AvgIpc) is 3.41. The molecule has 1 aliphatic rings. The van der Waals surface area contributed by atoms with Gasteiger partial charge >= 0.3 is 6.09 Å². The second kappa shape index (κ2) is 12.6. The standard InChI is InChI=1S/C38H39F2N5O2/c1-26-23-44(36(46)47-37(3,4)5)27(2)22-43(26)34-33-28(21-32(39)40)24-45(35(33)42-25-41-34)38(29-15-9-6-10-16-29,30-17-11-7-12-18-30)31-19-13-8-14-20-31/h6-21,24-27H,22-23H2,1-5H3/t26-,27+/m0/s1. The fourth-order valence-electron chi connectivity index (χ4n) is 6.73. The Bertz CT molecular complexity index is 1790. The minimum atomic E-state index is -1.82. The second-order valence-corrected chi connectivity index (χ2v) is 13.1. The molecule has 0 radical (unpaired) electrons. The van der Waals surface area contributed by atoms with Crippen LogP contribution in [0.15, 0.2) is 110 Å². The molecule has 2 aromatic heterocycles. The van der Waals surface area contributed by atoms with Gasteiger partial charge in [-0.25, -0.2) is 14.8 Å². The number of hydrogen-bond acceptors (Lipinski definition) is 5. The highest BCUT2D eigenvalue weighted by molar-refractivity contribution is 5.97. The summed E-state index contributed by atoms with van der Waals surface area (Å²) in [6.07, 6.45) is 1.95. The molecule has 3 aromatic carbocycles. The van der Waals surface area contributed by atoms with Crippen molar-refractivity contribution in [3.63, 3.8) is 0 Å². The van der Waals surface area contributed by atoms with Gasteiger partial charge in [0.1, 0.15) is 28.9 Å². The van der Waals surface area contributed by atoms with Gasteiger partial charge in [0.15, 0.2) is 0 Å². The van der Waals surface area contributed by atoms with Crippen LogP contribution in [0.1, 0.15) is 56.9 Å². The van der Waals surface area contributed by atoms with E-state index in [1.807, 2.05) is 93.8 Å². The Balaban J connectivity index is 1.60. The summed E-state index contributed by atoms with van der Waals surface area (Å²) < 4.78 is 36.2. The number of fused-ring (bicyclic) bond motifs is 1. The first-order valence-corrected chi connectivity index (χ1v) is 15.8. The van der Waals surface area contributed by atoms with E-state index in [2.05, 4.69) is 41.3 Å². The van der Waals surface area contributed by atoms with Crippen molar-refractivity contribution in [2.24, 2.45) is 0 Å². The lowest BCUT2D eigenvalue weighted by Crippen LogP contribution is -2.59. The number of rotatable bonds is 6. The fraction of sp³-hybridized carbons (Fsp3) is 0.289. The number of halogens is 2. The SMILES string of the molecule is C[C@@H]1CN(c2ncnc3c2c(C=C(F)F)cn3C(c2ccccc2)(c2ccccc2)c2ccccc2)[C@@H](C)CN1C(=O)OC(C)(C)C. The van der Waals surface area contributed by atoms with Gasteiger partial charge in [-0.3, -0.25) is 0 Å². The van der Waals surface area contributed by atoms with Crippen molar-refractivity contribution >= 4 is 29.0 Å². The van der Waals surface area contributed by atoms with Gasteiger partial charge in [0, 0.05) is 43.0 Å². The third kappa shape index (κ3) is 5.98. The van der Waals surface area contributed by atoms with Crippen molar-refractivity contribution < 1.29 is 18.3 Å². The molecule has 242 valence electrons. The third-order valence-electron chi connectivity index (χ3n) is 8.68. The number of piperazine rings is 1. The number of amides is 1. The molecule has 1 amide bonds. The van der Waals surface area contributed by atoms with Gasteiger partial charge in [-0.05, 0) is 51.3 Å². The molecule has 7 nitrogen and oxygen atoms in total. The van der Waals surface area contributed by atoms with Crippen LogP contribution in [-0.4, -0.2) is 56.3 Å². The van der Waals surface area contributed by atoms with Crippen LogP contribution in [0, 0.1) is 0 Å². The molecule has 47 heavy (non-hydrogen) atoms. The monoisotopic (exact) mass is 635 g/mol. The zero-order valence-electron chi connectivity index (χ0n) is 27.3. The number of carbonyl (C=O) groups is 1. The molecule has 3 heterocycles. The van der Waals surface area contributed by atoms with Gasteiger partial charge in [0.05, 0.1) is 5.39 Å². The van der Waals surface area contributed by atoms with Gasteiger partial charge in [-0.1, -0.05) is 91.0 Å². The van der Waals surface area contributed by atoms with Crippen LogP contribution in [0.5, 0.6) is 0 Å². The Labute approximate surface area is 274 Å². The molecule has 2 atom stereocenters. The summed E-state index contributed by atoms with van der Waals surface area (Å²) in [6.45, 7) is 10.3. The van der Waals surface area contributed by atoms with E-state index in [0.29, 0.717) is 35.5 Å². The molecule has 0 spiro atoms. The van der Waals surface area contributed by atoms with Crippen LogP contribution in [0.25, 0.3) is 17.1 Å². The van der Waals surface area contributed by atoms with E-state index < -0.39 is 17.2 Å². The maximum atomic E-state index is 14.3. The van der Waals surface area contributed by atoms with E-state index in [1.165, 1.54) is 6.33 Å². The minimum Gasteiger partial charge on any atom is -0.444 e. The van der Waals surface area contributed by atoms with Crippen LogP contribution in [0.4, 0.5) is 19.4 Å². The number of carbonyl (C=O) groups excluding carboxylic acids is 1. The molecular weight excluding hydrogens is 596 g/mol. The lowest BCUT2D eigenvalue weighted by Gasteiger charge is -2.44. The van der Waals surface area contributed by atoms with Crippen molar-refractivity contribution in [3.05, 3.63) is 132 Å². The maximum Gasteiger partial charge on any atom is 0.410 e. The smallest absolute Gasteiger partial charge is 0.410 e. The van der Waals surface area contributed by atoms with Gasteiger partial charge in [-0.2, -0.15) is 8.78 Å². The summed E-state index contributed by atoms with van der Waals surface area (Å²) in [5.41, 5.74) is 2.04. The molecule has 1 saturated heterocycles. The molecule has 9 heteroatoms. The molecular formula is C38H39F2N5O2. The number of anilines is 1. The first-order chi connectivity index (χ1) is 22.5. The quantitative estimate of drug-likeness (QED) is 0.176. The molecule has 0 saturated carbocycles. The molecule has 1 fully saturated rings. The predicted molar refractivity (Wildman–Crippen MR) is 182 cm³/mol. The van der Waals surface area contributed by atoms with Gasteiger partial charge in [0.2, 0.25) is 0 Å². The van der Waals surface area contributed by atoms with Crippen LogP contribution in [-0.2, 0) is 10.3 Å². The molecule has 0 aliphatic carbocycles. The predicted octanol–water partition coefficient (Wildman–Crippen LogP) is 8.34. The number of hydrogen-bond donors (Lipinski definition) is 0. The van der Waals surface area contributed by atoms with Crippen LogP contribution in [0.3, 0.4) is 0 Å². The average molecular weight is 636 g/mol. The molecule has 0 N–H and O–H groups in total. The Hall–Kier alpha value is -5.05. The van der Waals surface area contributed by atoms with Crippen LogP contribution < -0.4 is 4.90 Å². The lowest BCUT2D eigenvalue weighted by molar-refractivity contribution is 0.0130. The van der Waals surface area contributed by atoms with Crippen molar-refractivity contribution in [3.8, 4) is 0 Å². The highest BCUT2D eigenvalue weighted by Gasteiger charge is 2.41. The topological polar surface area (TPSA) is 63.5 Å². The van der Waals surface area contributed by atoms with E-state index >= 15 is 0 Å². The van der Waals surface area contributed by atoms with Crippen molar-refractivity contribution in [1.82, 2.24) is 19.4 Å². The molecule has 6 rings (SSSR count). The summed E-state index contributed by atoms with van der Waals surface area (Å²) in [7, 11) is 0. The van der Waals surface area contributed by atoms with E-state index in [0.717, 1.165) is 22.8 Å². The van der Waals surface area contributed by atoms with Crippen LogP contribution in [0.2, 0.25) is 0 Å². The lowest BCUT2D eigenvalue weighted by atomic mass is 9.76. The maximum absolute atomic E-state index is 14.3. The van der Waals surface area contributed by atoms with E-state index in [4.69, 9.17) is 14.7 Å². The Morgan fingerprint density at radius 3 is 1.83 bits per heavy atom. The molecule has 1 aliphatic heterocycles. The van der Waals surface area contributed by atoms with Gasteiger partial charge < -0.3 is 19.1 Å². The number of nitrogens with zero attached hydrogens (tertiary/aromatic N) is 5. The van der Waals surface area contributed by atoms with E-state index in [-0.39, 0.29) is 18.2 Å². The third-order valence-corrected chi connectivity index (χ3v) is 8.68. The Kier molecular flexibility index (Phi) is 8.57. The Morgan fingerprint density at radius 1 is 0.809 bits per heavy atom. The largest absolute Gasteiger partial charge is 0.444 e. The van der Waals surface area contributed by atoms with Crippen molar-refractivity contribution in [2.45, 2.75) is 57.8 Å². The first-order valence-electron chi connectivity index (χ1n) is 15.8. The van der Waals surface area contributed by atoms with Crippen LogP contribution >= 0.6 is 0 Å². The molecule has 0 bridgehead atoms. The summed E-state index contributed by atoms with van der Waals surface area (Å²) in [5.74, 6) is 0.535. The van der Waals surface area contributed by atoms with E-state index in [9.17, 15) is 13.6 Å². The van der Waals surface area contributed by atoms with E-state index in [1.54, 1.807) is 11.1 Å². The minimum absolute atomic E-state index is 0.186. The number of benzene rings is 3. The zero-order chi connectivity index (χ0) is 33.3. The fourth-order valence-corrected chi connectivity index (χ4v) is 6.73. The summed E-state index contributed by atoms with van der Waals surface area (Å²) >= 11 is 0. The summed E-state index contributed by atoms with van der Waals surface area (Å²) in [5, 5.41) is 0.511. The second-order valence-electron chi connectivity index (χ2n) is 13.1. The molecule has 0 unspecified atom stereocenters. The summed E-state index contributed by atoms with van der Waals surface area (Å²) in [4.78, 5) is 26.4. The van der Waals surface area contributed by atoms with Gasteiger partial charge in [-0.15, -0.1) is 0 Å². The highest BCUT2D eigenvalue weighted by Crippen LogP contribution is 2.45. The molecule has 5 aromatic rings. The zero-order valence-corrected chi connectivity index (χ0v) is 27.3. The Morgan fingerprint density at radius 2 is 1.34 bits per heavy atom. The van der Waals surface area contributed by atoms with Crippen molar-refractivity contribution in [2.75, 3.05) is 18.0 Å². The number of ether oxygens (including phenoxy) is 1.